The average Bonchev–Trinajstić information content (AvgIpc) is 3.10. The normalized spacial score (nSPS) is 25.6. The van der Waals surface area contributed by atoms with Crippen LogP contribution < -0.4 is 5.56 Å². The number of aromatic nitrogens is 3. The molecule has 6 heteroatoms. The molecule has 2 saturated heterocycles. The van der Waals surface area contributed by atoms with Gasteiger partial charge in [0.25, 0.3) is 5.56 Å². The molecule has 2 aromatic rings. The summed E-state index contributed by atoms with van der Waals surface area (Å²) >= 11 is 0. The Hall–Kier alpha value is -1.92. The lowest BCUT2D eigenvalue weighted by molar-refractivity contribution is 0.113. The first kappa shape index (κ1) is 18.1. The van der Waals surface area contributed by atoms with Gasteiger partial charge in [0, 0.05) is 55.6 Å². The fourth-order valence-electron chi connectivity index (χ4n) is 5.46. The number of pyridine rings is 1. The highest BCUT2D eigenvalue weighted by molar-refractivity contribution is 5.22. The zero-order valence-corrected chi connectivity index (χ0v) is 16.9. The summed E-state index contributed by atoms with van der Waals surface area (Å²) in [6, 6.07) is 4.35. The summed E-state index contributed by atoms with van der Waals surface area (Å²) in [5.74, 6) is 1.02. The smallest absolute Gasteiger partial charge is 0.255 e. The Labute approximate surface area is 166 Å². The first-order valence-corrected chi connectivity index (χ1v) is 10.8. The molecule has 0 spiro atoms. The Morgan fingerprint density at radius 2 is 1.93 bits per heavy atom. The highest BCUT2D eigenvalue weighted by Gasteiger charge is 2.35. The molecule has 2 bridgehead atoms. The molecule has 3 aliphatic heterocycles. The Kier molecular flexibility index (Phi) is 4.85. The zero-order valence-electron chi connectivity index (χ0n) is 16.9. The highest BCUT2D eigenvalue weighted by Crippen LogP contribution is 2.35. The SMILES string of the molecule is Cc1[nH]cnc1CN1C[C@@H]2C[C@H](C1)c1ccc(CN3CCCCC3)c(=O)n1C2. The van der Waals surface area contributed by atoms with Crippen molar-refractivity contribution >= 4 is 0 Å². The number of nitrogens with zero attached hydrogens (tertiary/aromatic N) is 4. The van der Waals surface area contributed by atoms with Crippen LogP contribution in [0.2, 0.25) is 0 Å². The van der Waals surface area contributed by atoms with Crippen LogP contribution in [-0.4, -0.2) is 50.5 Å². The van der Waals surface area contributed by atoms with Crippen molar-refractivity contribution in [3.8, 4) is 0 Å². The maximum atomic E-state index is 13.2. The lowest BCUT2D eigenvalue weighted by atomic mass is 9.83. The summed E-state index contributed by atoms with van der Waals surface area (Å²) < 4.78 is 2.11. The first-order chi connectivity index (χ1) is 13.7. The number of H-pyrrole nitrogens is 1. The van der Waals surface area contributed by atoms with E-state index in [1.54, 1.807) is 6.33 Å². The van der Waals surface area contributed by atoms with Gasteiger partial charge in [-0.25, -0.2) is 4.98 Å². The van der Waals surface area contributed by atoms with Gasteiger partial charge in [-0.15, -0.1) is 0 Å². The molecule has 0 aromatic carbocycles. The molecule has 0 aliphatic carbocycles. The molecule has 6 nitrogen and oxygen atoms in total. The quantitative estimate of drug-likeness (QED) is 0.884. The number of rotatable bonds is 4. The minimum Gasteiger partial charge on any atom is -0.348 e. The van der Waals surface area contributed by atoms with E-state index in [0.29, 0.717) is 11.8 Å². The van der Waals surface area contributed by atoms with Crippen LogP contribution in [0.3, 0.4) is 0 Å². The molecule has 0 unspecified atom stereocenters. The molecular weight excluding hydrogens is 350 g/mol. The predicted octanol–water partition coefficient (Wildman–Crippen LogP) is 2.49. The van der Waals surface area contributed by atoms with Crippen LogP contribution in [0.5, 0.6) is 0 Å². The van der Waals surface area contributed by atoms with Crippen LogP contribution in [-0.2, 0) is 19.6 Å². The Bertz CT molecular complexity index is 895. The van der Waals surface area contributed by atoms with Gasteiger partial charge in [-0.1, -0.05) is 12.5 Å². The van der Waals surface area contributed by atoms with Crippen LogP contribution in [0.4, 0.5) is 0 Å². The van der Waals surface area contributed by atoms with E-state index in [1.165, 1.54) is 31.4 Å². The van der Waals surface area contributed by atoms with Gasteiger partial charge in [-0.2, -0.15) is 0 Å². The topological polar surface area (TPSA) is 57.2 Å². The van der Waals surface area contributed by atoms with Crippen LogP contribution in [0.25, 0.3) is 0 Å². The molecule has 28 heavy (non-hydrogen) atoms. The van der Waals surface area contributed by atoms with E-state index in [4.69, 9.17) is 0 Å². The van der Waals surface area contributed by atoms with Gasteiger partial charge in [-0.3, -0.25) is 14.6 Å². The van der Waals surface area contributed by atoms with Crippen molar-refractivity contribution in [2.75, 3.05) is 26.2 Å². The van der Waals surface area contributed by atoms with Gasteiger partial charge in [0.2, 0.25) is 0 Å². The highest BCUT2D eigenvalue weighted by atomic mass is 16.1. The van der Waals surface area contributed by atoms with E-state index in [0.717, 1.165) is 62.8 Å². The minimum absolute atomic E-state index is 0.259. The number of aromatic amines is 1. The standard InChI is InChI=1S/C22H31N5O/c1-16-20(24-15-23-16)14-26-10-17-9-19(13-26)21-6-5-18(22(28)27(21)11-17)12-25-7-3-2-4-8-25/h5-6,15,17,19H,2-4,7-14H2,1H3,(H,23,24)/t17-,19+/m0/s1. The molecular formula is C22H31N5O. The van der Waals surface area contributed by atoms with Crippen molar-refractivity contribution in [1.29, 1.82) is 0 Å². The Morgan fingerprint density at radius 3 is 2.71 bits per heavy atom. The molecule has 2 atom stereocenters. The van der Waals surface area contributed by atoms with Crippen LogP contribution in [0.1, 0.15) is 54.2 Å². The summed E-state index contributed by atoms with van der Waals surface area (Å²) in [6.07, 6.45) is 6.86. The zero-order chi connectivity index (χ0) is 19.1. The third kappa shape index (κ3) is 3.44. The van der Waals surface area contributed by atoms with Crippen LogP contribution >= 0.6 is 0 Å². The number of hydrogen-bond donors (Lipinski definition) is 1. The molecule has 0 saturated carbocycles. The van der Waals surface area contributed by atoms with Gasteiger partial charge in [-0.05, 0) is 51.3 Å². The van der Waals surface area contributed by atoms with E-state index in [2.05, 4.69) is 43.4 Å². The van der Waals surface area contributed by atoms with Crippen molar-refractivity contribution in [2.45, 2.75) is 58.2 Å². The third-order valence-corrected chi connectivity index (χ3v) is 6.91. The molecule has 150 valence electrons. The van der Waals surface area contributed by atoms with Crippen molar-refractivity contribution in [3.05, 3.63) is 51.5 Å². The second kappa shape index (κ2) is 7.48. The van der Waals surface area contributed by atoms with Crippen LogP contribution in [0.15, 0.2) is 23.3 Å². The van der Waals surface area contributed by atoms with E-state index in [9.17, 15) is 4.79 Å². The van der Waals surface area contributed by atoms with Gasteiger partial charge in [0.1, 0.15) is 0 Å². The third-order valence-electron chi connectivity index (χ3n) is 6.91. The molecule has 1 N–H and O–H groups in total. The molecule has 0 radical (unpaired) electrons. The average molecular weight is 382 g/mol. The number of hydrogen-bond acceptors (Lipinski definition) is 4. The second-order valence-corrected chi connectivity index (χ2v) is 9.00. The summed E-state index contributed by atoms with van der Waals surface area (Å²) in [5.41, 5.74) is 4.79. The number of nitrogens with one attached hydrogen (secondary N) is 1. The van der Waals surface area contributed by atoms with Crippen molar-refractivity contribution in [2.24, 2.45) is 5.92 Å². The fourth-order valence-corrected chi connectivity index (χ4v) is 5.46. The molecule has 2 fully saturated rings. The lowest BCUT2D eigenvalue weighted by Gasteiger charge is -2.43. The van der Waals surface area contributed by atoms with E-state index in [-0.39, 0.29) is 5.56 Å². The summed E-state index contributed by atoms with van der Waals surface area (Å²) in [4.78, 5) is 25.8. The maximum absolute atomic E-state index is 13.2. The van der Waals surface area contributed by atoms with Gasteiger partial charge in [0.05, 0.1) is 12.0 Å². The predicted molar refractivity (Wildman–Crippen MR) is 109 cm³/mol. The number of fused-ring (bicyclic) bond motifs is 4. The van der Waals surface area contributed by atoms with Gasteiger partial charge >= 0.3 is 0 Å². The molecule has 5 heterocycles. The van der Waals surface area contributed by atoms with Crippen molar-refractivity contribution in [1.82, 2.24) is 24.3 Å². The van der Waals surface area contributed by atoms with Gasteiger partial charge < -0.3 is 9.55 Å². The molecule has 5 rings (SSSR count). The van der Waals surface area contributed by atoms with E-state index in [1.807, 2.05) is 0 Å². The monoisotopic (exact) mass is 381 g/mol. The fraction of sp³-hybridized carbons (Fsp3) is 0.636. The summed E-state index contributed by atoms with van der Waals surface area (Å²) in [7, 11) is 0. The first-order valence-electron chi connectivity index (χ1n) is 10.8. The molecule has 2 aromatic heterocycles. The number of piperidine rings is 2. The largest absolute Gasteiger partial charge is 0.348 e. The Balaban J connectivity index is 1.35. The Morgan fingerprint density at radius 1 is 1.07 bits per heavy atom. The van der Waals surface area contributed by atoms with Crippen LogP contribution in [0, 0.1) is 12.8 Å². The lowest BCUT2D eigenvalue weighted by Crippen LogP contribution is -2.47. The maximum Gasteiger partial charge on any atom is 0.255 e. The second-order valence-electron chi connectivity index (χ2n) is 9.00. The number of imidazole rings is 1. The van der Waals surface area contributed by atoms with E-state index < -0.39 is 0 Å². The van der Waals surface area contributed by atoms with Gasteiger partial charge in [0.15, 0.2) is 0 Å². The molecule has 0 amide bonds. The summed E-state index contributed by atoms with van der Waals surface area (Å²) in [5, 5.41) is 0. The van der Waals surface area contributed by atoms with Crippen molar-refractivity contribution < 1.29 is 0 Å². The number of likely N-dealkylation sites (tertiary alicyclic amines) is 2. The summed E-state index contributed by atoms with van der Waals surface area (Å²) in [6.45, 7) is 9.03. The van der Waals surface area contributed by atoms with Crippen molar-refractivity contribution in [3.63, 3.8) is 0 Å². The number of aryl methyl sites for hydroxylation is 1. The van der Waals surface area contributed by atoms with E-state index >= 15 is 0 Å². The molecule has 3 aliphatic rings. The minimum atomic E-state index is 0.259.